The summed E-state index contributed by atoms with van der Waals surface area (Å²) in [5, 5.41) is 3.04. The van der Waals surface area contributed by atoms with Crippen LogP contribution in [-0.2, 0) is 11.3 Å². The van der Waals surface area contributed by atoms with Crippen LogP contribution in [0, 0.1) is 0 Å². The smallest absolute Gasteiger partial charge is 0.227 e. The van der Waals surface area contributed by atoms with Crippen LogP contribution in [0.2, 0.25) is 0 Å². The minimum absolute atomic E-state index is 0.0795. The summed E-state index contributed by atoms with van der Waals surface area (Å²) in [6, 6.07) is 17.7. The van der Waals surface area contributed by atoms with Crippen molar-refractivity contribution in [1.29, 1.82) is 0 Å². The number of benzene rings is 2. The van der Waals surface area contributed by atoms with Gasteiger partial charge in [-0.15, -0.1) is 0 Å². The number of nitrogens with one attached hydrogen (secondary N) is 1. The van der Waals surface area contributed by atoms with Crippen molar-refractivity contribution in [3.8, 4) is 5.75 Å². The van der Waals surface area contributed by atoms with Gasteiger partial charge in [0.15, 0.2) is 0 Å². The van der Waals surface area contributed by atoms with Crippen molar-refractivity contribution in [2.24, 2.45) is 0 Å². The van der Waals surface area contributed by atoms with E-state index in [1.807, 2.05) is 54.6 Å². The maximum atomic E-state index is 12.5. The largest absolute Gasteiger partial charge is 0.497 e. The first-order valence-corrected chi connectivity index (χ1v) is 7.70. The third kappa shape index (κ3) is 4.35. The molecule has 1 N–H and O–H groups in total. The van der Waals surface area contributed by atoms with Gasteiger partial charge in [-0.2, -0.15) is 0 Å². The number of amides is 1. The predicted molar refractivity (Wildman–Crippen MR) is 88.9 cm³/mol. The lowest BCUT2D eigenvalue weighted by Crippen LogP contribution is -2.29. The second kappa shape index (κ2) is 8.23. The van der Waals surface area contributed by atoms with Gasteiger partial charge in [0, 0.05) is 6.54 Å². The molecule has 2 aromatic rings. The molecule has 0 aliphatic rings. The molecule has 22 heavy (non-hydrogen) atoms. The second-order valence-electron chi connectivity index (χ2n) is 5.32. The number of ether oxygens (including phenoxy) is 1. The van der Waals surface area contributed by atoms with E-state index in [0.717, 1.165) is 29.7 Å². The summed E-state index contributed by atoms with van der Waals surface area (Å²) in [6.07, 6.45) is 1.83. The molecule has 0 saturated heterocycles. The highest BCUT2D eigenvalue weighted by Gasteiger charge is 2.19. The molecule has 1 atom stereocenters. The van der Waals surface area contributed by atoms with E-state index < -0.39 is 0 Å². The average Bonchev–Trinajstić information content (AvgIpc) is 2.58. The molecule has 1 amide bonds. The van der Waals surface area contributed by atoms with Gasteiger partial charge in [0.05, 0.1) is 13.0 Å². The lowest BCUT2D eigenvalue weighted by atomic mass is 9.93. The van der Waals surface area contributed by atoms with Crippen LogP contribution in [0.4, 0.5) is 0 Å². The Bertz CT molecular complexity index is 595. The molecule has 0 saturated carbocycles. The second-order valence-corrected chi connectivity index (χ2v) is 5.32. The molecule has 2 rings (SSSR count). The van der Waals surface area contributed by atoms with Crippen LogP contribution in [0.3, 0.4) is 0 Å². The monoisotopic (exact) mass is 297 g/mol. The Morgan fingerprint density at radius 1 is 1.14 bits per heavy atom. The number of carbonyl (C=O) groups excluding carboxylic acids is 1. The molecule has 0 spiro atoms. The van der Waals surface area contributed by atoms with E-state index in [2.05, 4.69) is 12.2 Å². The van der Waals surface area contributed by atoms with Gasteiger partial charge >= 0.3 is 0 Å². The van der Waals surface area contributed by atoms with Crippen LogP contribution in [0.1, 0.15) is 36.8 Å². The highest BCUT2D eigenvalue weighted by Crippen LogP contribution is 2.21. The first-order chi connectivity index (χ1) is 10.7. The zero-order valence-electron chi connectivity index (χ0n) is 13.2. The number of rotatable bonds is 7. The van der Waals surface area contributed by atoms with E-state index in [1.54, 1.807) is 7.11 Å². The topological polar surface area (TPSA) is 38.3 Å². The lowest BCUT2D eigenvalue weighted by molar-refractivity contribution is -0.122. The van der Waals surface area contributed by atoms with E-state index in [0.29, 0.717) is 6.54 Å². The first kappa shape index (κ1) is 16.1. The van der Waals surface area contributed by atoms with Gasteiger partial charge in [-0.05, 0) is 29.7 Å². The van der Waals surface area contributed by atoms with Crippen LogP contribution < -0.4 is 10.1 Å². The molecule has 0 radical (unpaired) electrons. The Hall–Kier alpha value is -2.29. The summed E-state index contributed by atoms with van der Waals surface area (Å²) in [4.78, 5) is 12.5. The molecule has 0 aliphatic heterocycles. The van der Waals surface area contributed by atoms with Crippen molar-refractivity contribution in [1.82, 2.24) is 5.32 Å². The molecule has 0 fully saturated rings. The molecule has 3 heteroatoms. The third-order valence-electron chi connectivity index (χ3n) is 3.70. The maximum Gasteiger partial charge on any atom is 0.227 e. The minimum Gasteiger partial charge on any atom is -0.497 e. The van der Waals surface area contributed by atoms with Crippen LogP contribution in [0.15, 0.2) is 54.6 Å². The maximum absolute atomic E-state index is 12.5. The van der Waals surface area contributed by atoms with Crippen molar-refractivity contribution in [3.05, 3.63) is 65.7 Å². The molecule has 3 nitrogen and oxygen atoms in total. The van der Waals surface area contributed by atoms with Gasteiger partial charge in [0.2, 0.25) is 5.91 Å². The molecular weight excluding hydrogens is 274 g/mol. The fourth-order valence-corrected chi connectivity index (χ4v) is 2.52. The Morgan fingerprint density at radius 2 is 1.91 bits per heavy atom. The van der Waals surface area contributed by atoms with Gasteiger partial charge < -0.3 is 10.1 Å². The molecule has 0 aromatic heterocycles. The van der Waals surface area contributed by atoms with E-state index in [4.69, 9.17) is 4.74 Å². The average molecular weight is 297 g/mol. The predicted octanol–water partition coefficient (Wildman–Crippen LogP) is 3.90. The number of methoxy groups -OCH3 is 1. The van der Waals surface area contributed by atoms with E-state index >= 15 is 0 Å². The standard InChI is InChI=1S/C19H23NO2/c1-3-8-18(16-10-5-4-6-11-16)19(21)20-14-15-9-7-12-17(13-15)22-2/h4-7,9-13,18H,3,8,14H2,1-2H3,(H,20,21)/t18-/m1/s1. The summed E-state index contributed by atoms with van der Waals surface area (Å²) in [5.41, 5.74) is 2.11. The van der Waals surface area contributed by atoms with Crippen molar-refractivity contribution in [3.63, 3.8) is 0 Å². The highest BCUT2D eigenvalue weighted by atomic mass is 16.5. The Balaban J connectivity index is 2.02. The number of hydrogen-bond acceptors (Lipinski definition) is 2. The molecule has 2 aromatic carbocycles. The first-order valence-electron chi connectivity index (χ1n) is 7.70. The normalized spacial score (nSPS) is 11.7. The fraction of sp³-hybridized carbons (Fsp3) is 0.316. The van der Waals surface area contributed by atoms with Crippen molar-refractivity contribution >= 4 is 5.91 Å². The van der Waals surface area contributed by atoms with Gasteiger partial charge in [-0.3, -0.25) is 4.79 Å². The lowest BCUT2D eigenvalue weighted by Gasteiger charge is -2.16. The summed E-state index contributed by atoms with van der Waals surface area (Å²) in [6.45, 7) is 2.62. The zero-order chi connectivity index (χ0) is 15.8. The van der Waals surface area contributed by atoms with Crippen LogP contribution in [0.5, 0.6) is 5.75 Å². The van der Waals surface area contributed by atoms with Crippen molar-refractivity contribution in [2.45, 2.75) is 32.2 Å². The van der Waals surface area contributed by atoms with Gasteiger partial charge in [0.25, 0.3) is 0 Å². The van der Waals surface area contributed by atoms with E-state index in [-0.39, 0.29) is 11.8 Å². The Morgan fingerprint density at radius 3 is 2.59 bits per heavy atom. The molecule has 0 bridgehead atoms. The SMILES string of the molecule is CCC[C@@H](C(=O)NCc1cccc(OC)c1)c1ccccc1. The quantitative estimate of drug-likeness (QED) is 0.842. The summed E-state index contributed by atoms with van der Waals surface area (Å²) in [7, 11) is 1.64. The van der Waals surface area contributed by atoms with Crippen molar-refractivity contribution < 1.29 is 9.53 Å². The molecule has 0 heterocycles. The minimum atomic E-state index is -0.0863. The van der Waals surface area contributed by atoms with Gasteiger partial charge in [0.1, 0.15) is 5.75 Å². The van der Waals surface area contributed by atoms with E-state index in [9.17, 15) is 4.79 Å². The molecule has 0 unspecified atom stereocenters. The fourth-order valence-electron chi connectivity index (χ4n) is 2.52. The summed E-state index contributed by atoms with van der Waals surface area (Å²) in [5.74, 6) is 0.799. The third-order valence-corrected chi connectivity index (χ3v) is 3.70. The molecule has 0 aliphatic carbocycles. The van der Waals surface area contributed by atoms with Crippen LogP contribution in [-0.4, -0.2) is 13.0 Å². The van der Waals surface area contributed by atoms with Crippen LogP contribution >= 0.6 is 0 Å². The summed E-state index contributed by atoms with van der Waals surface area (Å²) < 4.78 is 5.20. The van der Waals surface area contributed by atoms with Crippen molar-refractivity contribution in [2.75, 3.05) is 7.11 Å². The molecule has 116 valence electrons. The molecular formula is C19H23NO2. The van der Waals surface area contributed by atoms with E-state index in [1.165, 1.54) is 0 Å². The zero-order valence-corrected chi connectivity index (χ0v) is 13.2. The summed E-state index contributed by atoms with van der Waals surface area (Å²) >= 11 is 0. The van der Waals surface area contributed by atoms with Gasteiger partial charge in [-0.25, -0.2) is 0 Å². The number of carbonyl (C=O) groups is 1. The Labute approximate surface area is 132 Å². The van der Waals surface area contributed by atoms with Gasteiger partial charge in [-0.1, -0.05) is 55.8 Å². The van der Waals surface area contributed by atoms with Crippen LogP contribution in [0.25, 0.3) is 0 Å². The highest BCUT2D eigenvalue weighted by molar-refractivity contribution is 5.83. The Kier molecular flexibility index (Phi) is 6.01. The number of hydrogen-bond donors (Lipinski definition) is 1.